The van der Waals surface area contributed by atoms with E-state index >= 15 is 0 Å². The van der Waals surface area contributed by atoms with Crippen LogP contribution in [0.15, 0.2) is 54.7 Å². The van der Waals surface area contributed by atoms with E-state index in [0.29, 0.717) is 23.2 Å². The lowest BCUT2D eigenvalue weighted by Crippen LogP contribution is -2.30. The summed E-state index contributed by atoms with van der Waals surface area (Å²) in [5.74, 6) is -0.306. The second kappa shape index (κ2) is 9.95. The highest BCUT2D eigenvalue weighted by molar-refractivity contribution is 5.99. The first-order valence-corrected chi connectivity index (χ1v) is 11.0. The van der Waals surface area contributed by atoms with Crippen molar-refractivity contribution in [3.63, 3.8) is 0 Å². The summed E-state index contributed by atoms with van der Waals surface area (Å²) in [4.78, 5) is 30.9. The SMILES string of the molecule is COc1c(C(=O)N(C)C)cc(-c2ccc(NCc3cccc(C)c3)nc2)cc1C(C)(C)C(=O)O. The quantitative estimate of drug-likeness (QED) is 0.503. The number of anilines is 1. The van der Waals surface area contributed by atoms with E-state index in [4.69, 9.17) is 4.74 Å². The number of benzene rings is 2. The molecule has 0 fully saturated rings. The van der Waals surface area contributed by atoms with E-state index in [2.05, 4.69) is 35.4 Å². The van der Waals surface area contributed by atoms with Crippen molar-refractivity contribution in [2.75, 3.05) is 26.5 Å². The van der Waals surface area contributed by atoms with E-state index in [1.807, 2.05) is 18.2 Å². The molecule has 0 aliphatic heterocycles. The number of aliphatic carboxylic acids is 1. The minimum absolute atomic E-state index is 0.263. The number of amides is 1. The maximum atomic E-state index is 12.9. The molecule has 0 bridgehead atoms. The van der Waals surface area contributed by atoms with E-state index < -0.39 is 11.4 Å². The van der Waals surface area contributed by atoms with E-state index in [0.717, 1.165) is 16.9 Å². The highest BCUT2D eigenvalue weighted by Crippen LogP contribution is 2.39. The number of hydrogen-bond acceptors (Lipinski definition) is 5. The standard InChI is InChI=1S/C27H31N3O4/c1-17-8-7-9-18(12-17)15-28-23-11-10-19(16-29-23)20-13-21(25(31)30(4)5)24(34-6)22(14-20)27(2,3)26(32)33/h7-14,16H,15H2,1-6H3,(H,28,29)(H,32,33). The first-order valence-electron chi connectivity index (χ1n) is 11.0. The van der Waals surface area contributed by atoms with Crippen molar-refractivity contribution in [2.24, 2.45) is 0 Å². The number of carbonyl (C=O) groups is 2. The molecule has 0 atom stereocenters. The Balaban J connectivity index is 2.00. The molecule has 0 aliphatic carbocycles. The number of nitrogens with one attached hydrogen (secondary N) is 1. The second-order valence-corrected chi connectivity index (χ2v) is 9.01. The normalized spacial score (nSPS) is 11.1. The van der Waals surface area contributed by atoms with Crippen LogP contribution in [-0.4, -0.2) is 48.1 Å². The number of pyridine rings is 1. The molecule has 1 heterocycles. The van der Waals surface area contributed by atoms with Gasteiger partial charge in [-0.15, -0.1) is 0 Å². The van der Waals surface area contributed by atoms with E-state index in [1.165, 1.54) is 17.6 Å². The van der Waals surface area contributed by atoms with Gasteiger partial charge < -0.3 is 20.1 Å². The lowest BCUT2D eigenvalue weighted by atomic mass is 9.81. The molecular weight excluding hydrogens is 430 g/mol. The first kappa shape index (κ1) is 24.8. The molecule has 2 N–H and O–H groups in total. The summed E-state index contributed by atoms with van der Waals surface area (Å²) in [6.45, 7) is 5.89. The number of aromatic nitrogens is 1. The zero-order chi connectivity index (χ0) is 25.0. The molecule has 0 saturated heterocycles. The van der Waals surface area contributed by atoms with E-state index in [-0.39, 0.29) is 11.7 Å². The largest absolute Gasteiger partial charge is 0.496 e. The van der Waals surface area contributed by atoms with Gasteiger partial charge in [0.2, 0.25) is 0 Å². The molecule has 7 nitrogen and oxygen atoms in total. The molecule has 1 amide bonds. The molecule has 34 heavy (non-hydrogen) atoms. The van der Waals surface area contributed by atoms with Crippen LogP contribution in [0.5, 0.6) is 5.75 Å². The number of carbonyl (C=O) groups excluding carboxylic acids is 1. The number of hydrogen-bond donors (Lipinski definition) is 2. The van der Waals surface area contributed by atoms with Crippen molar-refractivity contribution in [3.8, 4) is 16.9 Å². The number of carboxylic acid groups (broad SMARTS) is 1. The van der Waals surface area contributed by atoms with Gasteiger partial charge in [0.1, 0.15) is 11.6 Å². The topological polar surface area (TPSA) is 91.8 Å². The van der Waals surface area contributed by atoms with Crippen molar-refractivity contribution < 1.29 is 19.4 Å². The van der Waals surface area contributed by atoms with Gasteiger partial charge in [0.25, 0.3) is 5.91 Å². The highest BCUT2D eigenvalue weighted by atomic mass is 16.5. The fourth-order valence-electron chi connectivity index (χ4n) is 3.68. The van der Waals surface area contributed by atoms with Crippen molar-refractivity contribution in [2.45, 2.75) is 32.7 Å². The summed E-state index contributed by atoms with van der Waals surface area (Å²) in [7, 11) is 4.73. The fourth-order valence-corrected chi connectivity index (χ4v) is 3.68. The van der Waals surface area contributed by atoms with Gasteiger partial charge in [0, 0.05) is 38.0 Å². The fraction of sp³-hybridized carbons (Fsp3) is 0.296. The maximum Gasteiger partial charge on any atom is 0.313 e. The number of ether oxygens (including phenoxy) is 1. The van der Waals surface area contributed by atoms with Gasteiger partial charge in [-0.1, -0.05) is 29.8 Å². The molecule has 178 valence electrons. The Kier molecular flexibility index (Phi) is 7.25. The van der Waals surface area contributed by atoms with Crippen LogP contribution in [-0.2, 0) is 16.8 Å². The molecular formula is C27H31N3O4. The van der Waals surface area contributed by atoms with Crippen LogP contribution in [0, 0.1) is 6.92 Å². The summed E-state index contributed by atoms with van der Waals surface area (Å²) in [6, 6.07) is 15.5. The van der Waals surface area contributed by atoms with Crippen LogP contribution in [0.25, 0.3) is 11.1 Å². The summed E-state index contributed by atoms with van der Waals surface area (Å²) in [6.07, 6.45) is 1.71. The Morgan fingerprint density at radius 1 is 1.09 bits per heavy atom. The summed E-state index contributed by atoms with van der Waals surface area (Å²) in [5.41, 5.74) is 3.26. The third-order valence-corrected chi connectivity index (χ3v) is 5.79. The molecule has 7 heteroatoms. The minimum atomic E-state index is -1.27. The molecule has 3 aromatic rings. The third-order valence-electron chi connectivity index (χ3n) is 5.79. The van der Waals surface area contributed by atoms with Crippen LogP contribution in [0.4, 0.5) is 5.82 Å². The maximum absolute atomic E-state index is 12.9. The van der Waals surface area contributed by atoms with Crippen LogP contribution in [0.2, 0.25) is 0 Å². The third kappa shape index (κ3) is 5.20. The minimum Gasteiger partial charge on any atom is -0.496 e. The molecule has 0 saturated carbocycles. The summed E-state index contributed by atoms with van der Waals surface area (Å²) >= 11 is 0. The Labute approximate surface area is 200 Å². The molecule has 0 radical (unpaired) electrons. The molecule has 3 rings (SSSR count). The summed E-state index contributed by atoms with van der Waals surface area (Å²) < 4.78 is 5.54. The van der Waals surface area contributed by atoms with Gasteiger partial charge in [0.05, 0.1) is 18.1 Å². The number of aryl methyl sites for hydroxylation is 1. The van der Waals surface area contributed by atoms with E-state index in [1.54, 1.807) is 46.3 Å². The van der Waals surface area contributed by atoms with Crippen LogP contribution < -0.4 is 10.1 Å². The van der Waals surface area contributed by atoms with Crippen LogP contribution in [0.3, 0.4) is 0 Å². The highest BCUT2D eigenvalue weighted by Gasteiger charge is 2.35. The van der Waals surface area contributed by atoms with Gasteiger partial charge in [-0.25, -0.2) is 4.98 Å². The average Bonchev–Trinajstić information content (AvgIpc) is 2.81. The lowest BCUT2D eigenvalue weighted by Gasteiger charge is -2.26. The van der Waals surface area contributed by atoms with Crippen LogP contribution >= 0.6 is 0 Å². The van der Waals surface area contributed by atoms with Gasteiger partial charge in [-0.2, -0.15) is 0 Å². The van der Waals surface area contributed by atoms with Gasteiger partial charge >= 0.3 is 5.97 Å². The Morgan fingerprint density at radius 2 is 1.82 bits per heavy atom. The van der Waals surface area contributed by atoms with Crippen molar-refractivity contribution in [3.05, 3.63) is 77.0 Å². The van der Waals surface area contributed by atoms with Crippen molar-refractivity contribution in [1.82, 2.24) is 9.88 Å². The van der Waals surface area contributed by atoms with Crippen LogP contribution in [0.1, 0.15) is 40.9 Å². The number of rotatable bonds is 8. The number of methoxy groups -OCH3 is 1. The zero-order valence-electron chi connectivity index (χ0n) is 20.5. The Morgan fingerprint density at radius 3 is 2.38 bits per heavy atom. The smallest absolute Gasteiger partial charge is 0.313 e. The van der Waals surface area contributed by atoms with Gasteiger partial charge in [-0.3, -0.25) is 9.59 Å². The van der Waals surface area contributed by atoms with Gasteiger partial charge in [-0.05, 0) is 56.2 Å². The lowest BCUT2D eigenvalue weighted by molar-refractivity contribution is -0.142. The van der Waals surface area contributed by atoms with Gasteiger partial charge in [0.15, 0.2) is 0 Å². The van der Waals surface area contributed by atoms with E-state index in [9.17, 15) is 14.7 Å². The average molecular weight is 462 g/mol. The summed E-state index contributed by atoms with van der Waals surface area (Å²) in [5, 5.41) is 13.2. The molecule has 2 aromatic carbocycles. The monoisotopic (exact) mass is 461 g/mol. The number of carboxylic acids is 1. The molecule has 0 spiro atoms. The molecule has 0 unspecified atom stereocenters. The first-order chi connectivity index (χ1) is 16.0. The number of nitrogens with zero attached hydrogens (tertiary/aromatic N) is 2. The van der Waals surface area contributed by atoms with Crippen molar-refractivity contribution in [1.29, 1.82) is 0 Å². The predicted molar refractivity (Wildman–Crippen MR) is 133 cm³/mol. The second-order valence-electron chi connectivity index (χ2n) is 9.01. The Bertz CT molecular complexity index is 1200. The molecule has 0 aliphatic rings. The molecule has 1 aromatic heterocycles. The Hall–Kier alpha value is -3.87. The van der Waals surface area contributed by atoms with Crippen molar-refractivity contribution >= 4 is 17.7 Å². The predicted octanol–water partition coefficient (Wildman–Crippen LogP) is 4.74. The zero-order valence-corrected chi connectivity index (χ0v) is 20.5.